The minimum absolute atomic E-state index is 0.161. The summed E-state index contributed by atoms with van der Waals surface area (Å²) in [4.78, 5) is 44.7. The third kappa shape index (κ3) is 3.17. The first-order chi connectivity index (χ1) is 11.6. The van der Waals surface area contributed by atoms with Gasteiger partial charge >= 0.3 is 17.8 Å². The lowest BCUT2D eigenvalue weighted by molar-refractivity contribution is -0.153. The number of imide groups is 1. The summed E-state index contributed by atoms with van der Waals surface area (Å²) in [7, 11) is 0. The van der Waals surface area contributed by atoms with Gasteiger partial charge in [0.05, 0.1) is 6.54 Å². The first kappa shape index (κ1) is 16.2. The Kier molecular flexibility index (Phi) is 4.64. The Balaban J connectivity index is 1.58. The molecular weight excluding hydrogens is 312 g/mol. The van der Waals surface area contributed by atoms with E-state index in [0.717, 1.165) is 4.90 Å². The molecule has 0 radical (unpaired) electrons. The smallest absolute Gasteiger partial charge is 0.327 e. The Labute approximate surface area is 140 Å². The monoisotopic (exact) mass is 332 g/mol. The number of rotatable bonds is 3. The zero-order valence-corrected chi connectivity index (χ0v) is 13.6. The van der Waals surface area contributed by atoms with E-state index in [1.165, 1.54) is 4.90 Å². The molecule has 1 atom stereocenters. The van der Waals surface area contributed by atoms with Gasteiger partial charge in [-0.15, -0.1) is 0 Å². The number of hydrogen-bond acceptors (Lipinski definition) is 5. The first-order valence-corrected chi connectivity index (χ1v) is 8.07. The van der Waals surface area contributed by atoms with Crippen molar-refractivity contribution in [1.29, 1.82) is 0 Å². The summed E-state index contributed by atoms with van der Waals surface area (Å²) in [6.45, 7) is 3.77. The van der Waals surface area contributed by atoms with Gasteiger partial charge < -0.3 is 14.5 Å². The van der Waals surface area contributed by atoms with Crippen LogP contribution in [0.4, 0.5) is 4.79 Å². The minimum Gasteiger partial charge on any atom is -0.472 e. The van der Waals surface area contributed by atoms with Crippen LogP contribution in [0.5, 0.6) is 5.88 Å². The lowest BCUT2D eigenvalue weighted by Crippen LogP contribution is -2.58. The van der Waals surface area contributed by atoms with Crippen LogP contribution in [-0.4, -0.2) is 76.4 Å². The molecule has 24 heavy (non-hydrogen) atoms. The number of nitrogens with zero attached hydrogens (tertiary/aromatic N) is 4. The summed E-state index contributed by atoms with van der Waals surface area (Å²) < 4.78 is 5.74. The number of aromatic nitrogens is 1. The number of pyridine rings is 1. The molecule has 0 bridgehead atoms. The maximum atomic E-state index is 12.5. The molecule has 1 unspecified atom stereocenters. The van der Waals surface area contributed by atoms with E-state index in [0.29, 0.717) is 38.5 Å². The normalized spacial score (nSPS) is 21.4. The van der Waals surface area contributed by atoms with Gasteiger partial charge in [-0.05, 0) is 13.0 Å². The van der Waals surface area contributed by atoms with Gasteiger partial charge in [-0.25, -0.2) is 9.78 Å². The van der Waals surface area contributed by atoms with Crippen molar-refractivity contribution in [2.45, 2.75) is 19.4 Å². The van der Waals surface area contributed by atoms with E-state index < -0.39 is 17.8 Å². The van der Waals surface area contributed by atoms with Crippen LogP contribution < -0.4 is 4.74 Å². The third-order valence-electron chi connectivity index (χ3n) is 4.26. The maximum absolute atomic E-state index is 12.5. The predicted octanol–water partition coefficient (Wildman–Crippen LogP) is 0.345. The molecular formula is C16H20N4O4. The molecule has 2 aliphatic heterocycles. The molecule has 1 aromatic rings. The van der Waals surface area contributed by atoms with E-state index in [1.807, 2.05) is 13.0 Å². The lowest BCUT2D eigenvalue weighted by atomic mass is 10.3. The molecule has 128 valence electrons. The molecule has 8 heteroatoms. The number of amides is 4. The first-order valence-electron chi connectivity index (χ1n) is 8.07. The van der Waals surface area contributed by atoms with Crippen molar-refractivity contribution in [3.05, 3.63) is 24.4 Å². The highest BCUT2D eigenvalue weighted by atomic mass is 16.5. The second-order valence-electron chi connectivity index (χ2n) is 5.77. The Hall–Kier alpha value is -2.64. The van der Waals surface area contributed by atoms with Gasteiger partial charge in [0, 0.05) is 44.9 Å². The summed E-state index contributed by atoms with van der Waals surface area (Å²) in [6.07, 6.45) is 2.15. The van der Waals surface area contributed by atoms with Crippen LogP contribution in [0.25, 0.3) is 0 Å². The number of carbonyl (C=O) groups excluding carboxylic acids is 3. The molecule has 2 aliphatic rings. The van der Waals surface area contributed by atoms with Crippen molar-refractivity contribution in [3.8, 4) is 5.88 Å². The largest absolute Gasteiger partial charge is 0.472 e. The summed E-state index contributed by atoms with van der Waals surface area (Å²) in [6, 6.07) is 4.97. The molecule has 3 heterocycles. The van der Waals surface area contributed by atoms with E-state index in [-0.39, 0.29) is 12.6 Å². The summed E-state index contributed by atoms with van der Waals surface area (Å²) >= 11 is 0. The zero-order valence-electron chi connectivity index (χ0n) is 13.6. The Morgan fingerprint density at radius 1 is 1.25 bits per heavy atom. The number of urea groups is 1. The number of hydrogen-bond donors (Lipinski definition) is 0. The van der Waals surface area contributed by atoms with Crippen LogP contribution in [0.3, 0.4) is 0 Å². The van der Waals surface area contributed by atoms with Gasteiger partial charge in [0.25, 0.3) is 0 Å². The van der Waals surface area contributed by atoms with Crippen LogP contribution in [-0.2, 0) is 9.59 Å². The van der Waals surface area contributed by atoms with Crippen molar-refractivity contribution in [1.82, 2.24) is 19.7 Å². The van der Waals surface area contributed by atoms with Crippen LogP contribution in [0.1, 0.15) is 13.3 Å². The minimum atomic E-state index is -0.748. The van der Waals surface area contributed by atoms with Crippen molar-refractivity contribution in [3.63, 3.8) is 0 Å². The molecule has 0 saturated carbocycles. The van der Waals surface area contributed by atoms with E-state index in [4.69, 9.17) is 4.74 Å². The second-order valence-corrected chi connectivity index (χ2v) is 5.77. The van der Waals surface area contributed by atoms with Crippen molar-refractivity contribution >= 4 is 17.8 Å². The predicted molar refractivity (Wildman–Crippen MR) is 84.2 cm³/mol. The molecule has 0 spiro atoms. The highest BCUT2D eigenvalue weighted by Crippen LogP contribution is 2.18. The van der Waals surface area contributed by atoms with Gasteiger partial charge in [-0.3, -0.25) is 14.5 Å². The molecule has 1 aromatic heterocycles. The number of piperazine rings is 1. The van der Waals surface area contributed by atoms with Crippen molar-refractivity contribution in [2.75, 3.05) is 32.7 Å². The average Bonchev–Trinajstić information content (AvgIpc) is 3.06. The molecule has 2 saturated heterocycles. The van der Waals surface area contributed by atoms with Gasteiger partial charge in [-0.1, -0.05) is 6.07 Å². The van der Waals surface area contributed by atoms with E-state index in [9.17, 15) is 14.4 Å². The van der Waals surface area contributed by atoms with Crippen LogP contribution >= 0.6 is 0 Å². The molecule has 0 aliphatic carbocycles. The highest BCUT2D eigenvalue weighted by Gasteiger charge is 2.39. The summed E-state index contributed by atoms with van der Waals surface area (Å²) in [5, 5.41) is 0. The molecule has 0 aromatic carbocycles. The van der Waals surface area contributed by atoms with Gasteiger partial charge in [-0.2, -0.15) is 0 Å². The fraction of sp³-hybridized carbons (Fsp3) is 0.500. The fourth-order valence-corrected chi connectivity index (χ4v) is 2.92. The van der Waals surface area contributed by atoms with Gasteiger partial charge in [0.2, 0.25) is 5.88 Å². The average molecular weight is 332 g/mol. The SMILES string of the molecule is CCN1CCN(C(=O)N2CCC(Oc3ccccn3)C2)C(=O)C1=O. The summed E-state index contributed by atoms with van der Waals surface area (Å²) in [5.41, 5.74) is 0. The summed E-state index contributed by atoms with van der Waals surface area (Å²) in [5.74, 6) is -0.848. The van der Waals surface area contributed by atoms with E-state index >= 15 is 0 Å². The van der Waals surface area contributed by atoms with Gasteiger partial charge in [0.15, 0.2) is 0 Å². The number of ether oxygens (including phenoxy) is 1. The highest BCUT2D eigenvalue weighted by molar-refractivity contribution is 6.38. The zero-order chi connectivity index (χ0) is 17.1. The number of carbonyl (C=O) groups is 3. The fourth-order valence-electron chi connectivity index (χ4n) is 2.92. The second kappa shape index (κ2) is 6.86. The van der Waals surface area contributed by atoms with Crippen LogP contribution in [0.15, 0.2) is 24.4 Å². The number of likely N-dealkylation sites (tertiary alicyclic amines) is 1. The van der Waals surface area contributed by atoms with Crippen molar-refractivity contribution in [2.24, 2.45) is 0 Å². The Morgan fingerprint density at radius 3 is 2.79 bits per heavy atom. The van der Waals surface area contributed by atoms with E-state index in [2.05, 4.69) is 4.98 Å². The molecule has 3 rings (SSSR count). The molecule has 4 amide bonds. The van der Waals surface area contributed by atoms with E-state index in [1.54, 1.807) is 23.2 Å². The van der Waals surface area contributed by atoms with Crippen LogP contribution in [0.2, 0.25) is 0 Å². The maximum Gasteiger partial charge on any atom is 0.327 e. The molecule has 2 fully saturated rings. The lowest BCUT2D eigenvalue weighted by Gasteiger charge is -2.33. The number of likely N-dealkylation sites (N-methyl/N-ethyl adjacent to an activating group) is 1. The topological polar surface area (TPSA) is 83.0 Å². The van der Waals surface area contributed by atoms with Gasteiger partial charge in [0.1, 0.15) is 6.10 Å². The van der Waals surface area contributed by atoms with Crippen LogP contribution in [0, 0.1) is 0 Å². The third-order valence-corrected chi connectivity index (χ3v) is 4.26. The quantitative estimate of drug-likeness (QED) is 0.746. The Morgan fingerprint density at radius 2 is 2.08 bits per heavy atom. The Bertz CT molecular complexity index is 636. The molecule has 8 nitrogen and oxygen atoms in total. The van der Waals surface area contributed by atoms with Crippen molar-refractivity contribution < 1.29 is 19.1 Å². The molecule has 0 N–H and O–H groups in total. The standard InChI is InChI=1S/C16H20N4O4/c1-2-18-9-10-20(15(22)14(18)21)16(23)19-8-6-12(11-19)24-13-5-3-4-7-17-13/h3-5,7,12H,2,6,8-11H2,1H3.